The Kier molecular flexibility index (Phi) is 6.94. The number of halogens is 3. The molecule has 2 N–H and O–H groups in total. The number of benzene rings is 3. The predicted molar refractivity (Wildman–Crippen MR) is 120 cm³/mol. The van der Waals surface area contributed by atoms with Gasteiger partial charge in [0.25, 0.3) is 5.91 Å². The summed E-state index contributed by atoms with van der Waals surface area (Å²) in [5, 5.41) is 6.96. The second-order valence-corrected chi connectivity index (χ2v) is 7.31. The summed E-state index contributed by atoms with van der Waals surface area (Å²) < 4.78 is 0. The van der Waals surface area contributed by atoms with Gasteiger partial charge in [0.2, 0.25) is 5.91 Å². The van der Waals surface area contributed by atoms with E-state index in [0.717, 1.165) is 0 Å². The van der Waals surface area contributed by atoms with Crippen molar-refractivity contribution in [2.45, 2.75) is 0 Å². The highest BCUT2D eigenvalue weighted by Gasteiger charge is 2.07. The Morgan fingerprint density at radius 1 is 0.759 bits per heavy atom. The van der Waals surface area contributed by atoms with Crippen molar-refractivity contribution >= 4 is 64.1 Å². The summed E-state index contributed by atoms with van der Waals surface area (Å²) in [6.07, 6.45) is 2.96. The minimum Gasteiger partial charge on any atom is -0.322 e. The van der Waals surface area contributed by atoms with Crippen LogP contribution in [0.15, 0.2) is 72.8 Å². The molecule has 4 nitrogen and oxygen atoms in total. The highest BCUT2D eigenvalue weighted by molar-refractivity contribution is 6.35. The lowest BCUT2D eigenvalue weighted by atomic mass is 10.2. The van der Waals surface area contributed by atoms with Gasteiger partial charge in [-0.3, -0.25) is 9.59 Å². The van der Waals surface area contributed by atoms with Gasteiger partial charge in [-0.15, -0.1) is 0 Å². The summed E-state index contributed by atoms with van der Waals surface area (Å²) in [5.41, 5.74) is 2.19. The smallest absolute Gasteiger partial charge is 0.255 e. The summed E-state index contributed by atoms with van der Waals surface area (Å²) in [6, 6.07) is 18.5. The molecule has 0 aliphatic heterocycles. The molecule has 0 spiro atoms. The number of rotatable bonds is 5. The lowest BCUT2D eigenvalue weighted by molar-refractivity contribution is -0.111. The van der Waals surface area contributed by atoms with E-state index in [0.29, 0.717) is 37.6 Å². The van der Waals surface area contributed by atoms with Crippen LogP contribution in [0.1, 0.15) is 15.9 Å². The Morgan fingerprint density at radius 3 is 2.17 bits per heavy atom. The van der Waals surface area contributed by atoms with Crippen molar-refractivity contribution in [1.29, 1.82) is 0 Å². The van der Waals surface area contributed by atoms with E-state index in [2.05, 4.69) is 10.6 Å². The summed E-state index contributed by atoms with van der Waals surface area (Å²) in [6.45, 7) is 0. The summed E-state index contributed by atoms with van der Waals surface area (Å²) >= 11 is 17.9. The average Bonchev–Trinajstić information content (AvgIpc) is 2.67. The van der Waals surface area contributed by atoms with Crippen molar-refractivity contribution < 1.29 is 9.59 Å². The summed E-state index contributed by atoms with van der Waals surface area (Å²) in [7, 11) is 0. The Hall–Kier alpha value is -2.79. The van der Waals surface area contributed by atoms with E-state index < -0.39 is 0 Å². The Bertz CT molecular complexity index is 1100. The number of carbonyl (C=O) groups excluding carboxylic acids is 2. The van der Waals surface area contributed by atoms with Gasteiger partial charge in [-0.05, 0) is 60.2 Å². The first-order chi connectivity index (χ1) is 13.9. The molecule has 29 heavy (non-hydrogen) atoms. The lowest BCUT2D eigenvalue weighted by Crippen LogP contribution is -2.12. The summed E-state index contributed by atoms with van der Waals surface area (Å²) in [5.74, 6) is -0.636. The quantitative estimate of drug-likeness (QED) is 0.437. The first-order valence-corrected chi connectivity index (χ1v) is 9.65. The topological polar surface area (TPSA) is 58.2 Å². The lowest BCUT2D eigenvalue weighted by Gasteiger charge is -2.08. The van der Waals surface area contributed by atoms with E-state index >= 15 is 0 Å². The van der Waals surface area contributed by atoms with Gasteiger partial charge >= 0.3 is 0 Å². The summed E-state index contributed by atoms with van der Waals surface area (Å²) in [4.78, 5) is 24.5. The number of nitrogens with one attached hydrogen (secondary N) is 2. The van der Waals surface area contributed by atoms with Crippen molar-refractivity contribution in [3.8, 4) is 0 Å². The van der Waals surface area contributed by atoms with E-state index in [1.807, 2.05) is 0 Å². The van der Waals surface area contributed by atoms with E-state index in [-0.39, 0.29) is 11.8 Å². The molecule has 0 aliphatic carbocycles. The van der Waals surface area contributed by atoms with Crippen molar-refractivity contribution in [3.05, 3.63) is 99.0 Å². The van der Waals surface area contributed by atoms with Gasteiger partial charge in [0, 0.05) is 38.1 Å². The molecule has 0 heterocycles. The molecule has 0 saturated heterocycles. The van der Waals surface area contributed by atoms with Crippen LogP contribution >= 0.6 is 34.8 Å². The molecule has 2 amide bonds. The van der Waals surface area contributed by atoms with Crippen LogP contribution in [0, 0.1) is 0 Å². The molecule has 3 aromatic carbocycles. The molecule has 0 bridgehead atoms. The van der Waals surface area contributed by atoms with E-state index in [9.17, 15) is 9.59 Å². The molecular formula is C22H15Cl3N2O2. The van der Waals surface area contributed by atoms with Gasteiger partial charge in [-0.1, -0.05) is 53.0 Å². The van der Waals surface area contributed by atoms with Gasteiger partial charge in [0.1, 0.15) is 0 Å². The highest BCUT2D eigenvalue weighted by atomic mass is 35.5. The predicted octanol–water partition coefficient (Wildman–Crippen LogP) is 6.55. The third kappa shape index (κ3) is 6.09. The molecule has 3 rings (SSSR count). The number of hydrogen-bond acceptors (Lipinski definition) is 2. The van der Waals surface area contributed by atoms with Crippen molar-refractivity contribution in [2.24, 2.45) is 0 Å². The number of hydrogen-bond donors (Lipinski definition) is 2. The van der Waals surface area contributed by atoms with Crippen molar-refractivity contribution in [1.82, 2.24) is 0 Å². The normalized spacial score (nSPS) is 10.7. The van der Waals surface area contributed by atoms with Crippen LogP contribution in [0.5, 0.6) is 0 Å². The minimum absolute atomic E-state index is 0.298. The van der Waals surface area contributed by atoms with Gasteiger partial charge < -0.3 is 10.6 Å². The van der Waals surface area contributed by atoms with Gasteiger partial charge in [-0.25, -0.2) is 0 Å². The largest absolute Gasteiger partial charge is 0.322 e. The maximum absolute atomic E-state index is 12.3. The van der Waals surface area contributed by atoms with E-state index in [4.69, 9.17) is 34.8 Å². The minimum atomic E-state index is -0.339. The van der Waals surface area contributed by atoms with E-state index in [1.165, 1.54) is 6.08 Å². The van der Waals surface area contributed by atoms with Crippen LogP contribution < -0.4 is 10.6 Å². The average molecular weight is 446 g/mol. The molecule has 0 saturated carbocycles. The molecule has 146 valence electrons. The van der Waals surface area contributed by atoms with Gasteiger partial charge in [0.15, 0.2) is 0 Å². The zero-order valence-corrected chi connectivity index (χ0v) is 17.2. The molecule has 0 aliphatic rings. The number of anilines is 2. The van der Waals surface area contributed by atoms with Crippen LogP contribution in [-0.4, -0.2) is 11.8 Å². The Morgan fingerprint density at radius 2 is 1.45 bits per heavy atom. The second-order valence-electron chi connectivity index (χ2n) is 6.03. The van der Waals surface area contributed by atoms with Crippen molar-refractivity contribution in [3.63, 3.8) is 0 Å². The first kappa shape index (κ1) is 20.9. The standard InChI is InChI=1S/C22H15Cl3N2O2/c23-16-4-1-3-15(11-16)22(29)27-19-6-2-5-18(13-19)26-21(28)10-8-14-7-9-17(24)12-20(14)25/h1-13H,(H,26,28)(H,27,29)/b10-8+. The highest BCUT2D eigenvalue weighted by Crippen LogP contribution is 2.22. The number of carbonyl (C=O) groups is 2. The fourth-order valence-electron chi connectivity index (χ4n) is 2.49. The first-order valence-electron chi connectivity index (χ1n) is 8.52. The second kappa shape index (κ2) is 9.61. The molecule has 0 unspecified atom stereocenters. The van der Waals surface area contributed by atoms with Gasteiger partial charge in [-0.2, -0.15) is 0 Å². The fourth-order valence-corrected chi connectivity index (χ4v) is 3.16. The maximum atomic E-state index is 12.3. The SMILES string of the molecule is O=C(/C=C/c1ccc(Cl)cc1Cl)Nc1cccc(NC(=O)c2cccc(Cl)c2)c1. The van der Waals surface area contributed by atoms with Crippen LogP contribution in [0.3, 0.4) is 0 Å². The molecule has 3 aromatic rings. The Balaban J connectivity index is 1.65. The Labute approximate surface area is 183 Å². The zero-order chi connectivity index (χ0) is 20.8. The molecule has 0 atom stereocenters. The van der Waals surface area contributed by atoms with Crippen LogP contribution in [0.25, 0.3) is 6.08 Å². The number of amides is 2. The van der Waals surface area contributed by atoms with Gasteiger partial charge in [0.05, 0.1) is 0 Å². The van der Waals surface area contributed by atoms with E-state index in [1.54, 1.807) is 72.8 Å². The maximum Gasteiger partial charge on any atom is 0.255 e. The molecule has 0 fully saturated rings. The fraction of sp³-hybridized carbons (Fsp3) is 0. The van der Waals surface area contributed by atoms with Crippen LogP contribution in [0.2, 0.25) is 15.1 Å². The van der Waals surface area contributed by atoms with Crippen LogP contribution in [0.4, 0.5) is 11.4 Å². The molecule has 7 heteroatoms. The zero-order valence-electron chi connectivity index (χ0n) is 15.0. The van der Waals surface area contributed by atoms with Crippen LogP contribution in [-0.2, 0) is 4.79 Å². The molecule has 0 radical (unpaired) electrons. The molecule has 0 aromatic heterocycles. The third-order valence-corrected chi connectivity index (χ3v) is 4.65. The molecular weight excluding hydrogens is 431 g/mol. The van der Waals surface area contributed by atoms with Crippen molar-refractivity contribution in [2.75, 3.05) is 10.6 Å². The monoisotopic (exact) mass is 444 g/mol. The third-order valence-electron chi connectivity index (χ3n) is 3.85.